The smallest absolute Gasteiger partial charge is 0.223 e. The van der Waals surface area contributed by atoms with E-state index in [1.807, 2.05) is 0 Å². The van der Waals surface area contributed by atoms with E-state index in [-0.39, 0.29) is 17.4 Å². The fourth-order valence-corrected chi connectivity index (χ4v) is 3.68. The highest BCUT2D eigenvalue weighted by Gasteiger charge is 2.35. The van der Waals surface area contributed by atoms with Gasteiger partial charge >= 0.3 is 0 Å². The minimum absolute atomic E-state index is 0.189. The highest BCUT2D eigenvalue weighted by atomic mass is 35.5. The molecule has 1 aliphatic rings. The van der Waals surface area contributed by atoms with Crippen molar-refractivity contribution in [1.82, 2.24) is 5.32 Å². The molecule has 1 N–H and O–H groups in total. The molecule has 0 heterocycles. The molecule has 0 aliphatic heterocycles. The minimum atomic E-state index is -0.209. The lowest BCUT2D eigenvalue weighted by Gasteiger charge is -2.38. The topological polar surface area (TPSA) is 29.1 Å². The summed E-state index contributed by atoms with van der Waals surface area (Å²) in [7, 11) is 0. The van der Waals surface area contributed by atoms with Gasteiger partial charge in [-0.15, -0.1) is 11.6 Å². The van der Waals surface area contributed by atoms with Crippen molar-refractivity contribution in [2.75, 3.05) is 5.88 Å². The molecule has 0 atom stereocenters. The van der Waals surface area contributed by atoms with Crippen LogP contribution in [0.3, 0.4) is 0 Å². The fraction of sp³-hybridized carbons (Fsp3) is 0.941. The first kappa shape index (κ1) is 17.8. The molecule has 118 valence electrons. The van der Waals surface area contributed by atoms with Crippen LogP contribution in [0.25, 0.3) is 0 Å². The summed E-state index contributed by atoms with van der Waals surface area (Å²) < 4.78 is 0. The maximum atomic E-state index is 12.5. The SMILES string of the molecule is CCC(CC)(CCl)NC(=O)C1CCC(C(C)(C)C)CC1. The van der Waals surface area contributed by atoms with E-state index < -0.39 is 0 Å². The van der Waals surface area contributed by atoms with E-state index in [4.69, 9.17) is 11.6 Å². The second-order valence-corrected chi connectivity index (χ2v) is 7.79. The minimum Gasteiger partial charge on any atom is -0.349 e. The van der Waals surface area contributed by atoms with Gasteiger partial charge in [-0.3, -0.25) is 4.79 Å². The van der Waals surface area contributed by atoms with Crippen LogP contribution in [0.4, 0.5) is 0 Å². The summed E-state index contributed by atoms with van der Waals surface area (Å²) >= 11 is 6.08. The third-order valence-corrected chi connectivity index (χ3v) is 5.83. The van der Waals surface area contributed by atoms with Crippen molar-refractivity contribution in [1.29, 1.82) is 0 Å². The average Bonchev–Trinajstić information content (AvgIpc) is 2.44. The number of hydrogen-bond acceptors (Lipinski definition) is 1. The lowest BCUT2D eigenvalue weighted by Crippen LogP contribution is -2.51. The molecule has 3 heteroatoms. The van der Waals surface area contributed by atoms with Crippen LogP contribution >= 0.6 is 11.6 Å². The molecule has 0 unspecified atom stereocenters. The Morgan fingerprint density at radius 1 is 1.10 bits per heavy atom. The van der Waals surface area contributed by atoms with Crippen LogP contribution in [-0.4, -0.2) is 17.3 Å². The summed E-state index contributed by atoms with van der Waals surface area (Å²) in [6.45, 7) is 11.1. The predicted molar refractivity (Wildman–Crippen MR) is 87.1 cm³/mol. The molecule has 0 spiro atoms. The Kier molecular flexibility index (Phi) is 6.37. The van der Waals surface area contributed by atoms with Gasteiger partial charge in [-0.05, 0) is 49.9 Å². The molecule has 1 rings (SSSR count). The Morgan fingerprint density at radius 2 is 1.60 bits per heavy atom. The summed E-state index contributed by atoms with van der Waals surface area (Å²) in [5.74, 6) is 1.67. The number of rotatable bonds is 5. The number of carbonyl (C=O) groups excluding carboxylic acids is 1. The van der Waals surface area contributed by atoms with Crippen LogP contribution in [0, 0.1) is 17.3 Å². The molecule has 0 aromatic heterocycles. The van der Waals surface area contributed by atoms with Gasteiger partial charge in [-0.25, -0.2) is 0 Å². The average molecular weight is 302 g/mol. The molecule has 2 nitrogen and oxygen atoms in total. The van der Waals surface area contributed by atoms with Gasteiger partial charge in [0.1, 0.15) is 0 Å². The van der Waals surface area contributed by atoms with Crippen molar-refractivity contribution in [3.63, 3.8) is 0 Å². The van der Waals surface area contributed by atoms with Crippen LogP contribution < -0.4 is 5.32 Å². The number of halogens is 1. The summed E-state index contributed by atoms with van der Waals surface area (Å²) in [5, 5.41) is 3.23. The van der Waals surface area contributed by atoms with Crippen molar-refractivity contribution in [3.8, 4) is 0 Å². The van der Waals surface area contributed by atoms with E-state index in [1.165, 1.54) is 12.8 Å². The first-order valence-electron chi connectivity index (χ1n) is 8.16. The zero-order valence-electron chi connectivity index (χ0n) is 13.9. The van der Waals surface area contributed by atoms with Crippen molar-refractivity contribution in [2.45, 2.75) is 78.7 Å². The molecule has 0 bridgehead atoms. The van der Waals surface area contributed by atoms with Crippen LogP contribution in [0.15, 0.2) is 0 Å². The predicted octanol–water partition coefficient (Wildman–Crippen LogP) is 4.75. The monoisotopic (exact) mass is 301 g/mol. The molecule has 0 saturated heterocycles. The molecule has 20 heavy (non-hydrogen) atoms. The Labute approximate surface area is 130 Å². The summed E-state index contributed by atoms with van der Waals surface area (Å²) in [4.78, 5) is 12.5. The van der Waals surface area contributed by atoms with E-state index in [2.05, 4.69) is 39.9 Å². The summed E-state index contributed by atoms with van der Waals surface area (Å²) in [5.41, 5.74) is 0.160. The second-order valence-electron chi connectivity index (χ2n) is 7.52. The van der Waals surface area contributed by atoms with Crippen molar-refractivity contribution in [2.24, 2.45) is 17.3 Å². The highest BCUT2D eigenvalue weighted by Crippen LogP contribution is 2.40. The quantitative estimate of drug-likeness (QED) is 0.729. The van der Waals surface area contributed by atoms with Crippen LogP contribution in [0.1, 0.15) is 73.1 Å². The van der Waals surface area contributed by atoms with Crippen LogP contribution in [-0.2, 0) is 4.79 Å². The zero-order valence-corrected chi connectivity index (χ0v) is 14.6. The van der Waals surface area contributed by atoms with Crippen molar-refractivity contribution in [3.05, 3.63) is 0 Å². The molecule has 0 aromatic carbocycles. The third-order valence-electron chi connectivity index (χ3n) is 5.32. The van der Waals surface area contributed by atoms with Crippen molar-refractivity contribution >= 4 is 17.5 Å². The van der Waals surface area contributed by atoms with Gasteiger partial charge in [0.05, 0.1) is 5.54 Å². The summed E-state index contributed by atoms with van der Waals surface area (Å²) in [6.07, 6.45) is 6.20. The number of amides is 1. The van der Waals surface area contributed by atoms with Gasteiger partial charge in [0.2, 0.25) is 5.91 Å². The lowest BCUT2D eigenvalue weighted by atomic mass is 9.69. The molecular weight excluding hydrogens is 270 g/mol. The Bertz CT molecular complexity index is 301. The van der Waals surface area contributed by atoms with Crippen LogP contribution in [0.2, 0.25) is 0 Å². The maximum Gasteiger partial charge on any atom is 0.223 e. The van der Waals surface area contributed by atoms with Gasteiger partial charge in [-0.1, -0.05) is 34.6 Å². The molecule has 1 saturated carbocycles. The van der Waals surface area contributed by atoms with Crippen LogP contribution in [0.5, 0.6) is 0 Å². The van der Waals surface area contributed by atoms with E-state index >= 15 is 0 Å². The largest absolute Gasteiger partial charge is 0.349 e. The van der Waals surface area contributed by atoms with Gasteiger partial charge in [-0.2, -0.15) is 0 Å². The standard InChI is InChI=1S/C17H32ClNO/c1-6-17(7-2,12-18)19-15(20)13-8-10-14(11-9-13)16(3,4)5/h13-14H,6-12H2,1-5H3,(H,19,20). The Hall–Kier alpha value is -0.240. The highest BCUT2D eigenvalue weighted by molar-refractivity contribution is 6.18. The number of nitrogens with one attached hydrogen (secondary N) is 1. The van der Waals surface area contributed by atoms with E-state index in [0.717, 1.165) is 31.6 Å². The summed E-state index contributed by atoms with van der Waals surface area (Å²) in [6, 6.07) is 0. The van der Waals surface area contributed by atoms with Gasteiger partial charge < -0.3 is 5.32 Å². The Balaban J connectivity index is 2.55. The number of carbonyl (C=O) groups is 1. The normalized spacial score (nSPS) is 24.5. The zero-order chi connectivity index (χ0) is 15.4. The molecule has 1 amide bonds. The van der Waals surface area contributed by atoms with E-state index in [9.17, 15) is 4.79 Å². The van der Waals surface area contributed by atoms with E-state index in [0.29, 0.717) is 11.3 Å². The molecule has 1 fully saturated rings. The number of alkyl halides is 1. The first-order valence-corrected chi connectivity index (χ1v) is 8.69. The molecule has 0 radical (unpaired) electrons. The van der Waals surface area contributed by atoms with Gasteiger partial charge in [0.15, 0.2) is 0 Å². The van der Waals surface area contributed by atoms with Gasteiger partial charge in [0.25, 0.3) is 0 Å². The molecule has 0 aromatic rings. The van der Waals surface area contributed by atoms with Crippen molar-refractivity contribution < 1.29 is 4.79 Å². The first-order chi connectivity index (χ1) is 9.28. The van der Waals surface area contributed by atoms with Gasteiger partial charge in [0, 0.05) is 11.8 Å². The molecular formula is C17H32ClNO. The fourth-order valence-electron chi connectivity index (χ4n) is 3.23. The molecule has 1 aliphatic carbocycles. The number of hydrogen-bond donors (Lipinski definition) is 1. The maximum absolute atomic E-state index is 12.5. The second kappa shape index (κ2) is 7.15. The third kappa shape index (κ3) is 4.38. The van der Waals surface area contributed by atoms with E-state index in [1.54, 1.807) is 0 Å². The Morgan fingerprint density at radius 3 is 1.95 bits per heavy atom. The lowest BCUT2D eigenvalue weighted by molar-refractivity contribution is -0.128.